The number of rotatable bonds is 7. The molecule has 1 aromatic carbocycles. The highest BCUT2D eigenvalue weighted by molar-refractivity contribution is 5.81. The van der Waals surface area contributed by atoms with Crippen molar-refractivity contribution < 1.29 is 9.18 Å². The van der Waals surface area contributed by atoms with Crippen molar-refractivity contribution in [3.05, 3.63) is 90.9 Å². The maximum atomic E-state index is 13.4. The van der Waals surface area contributed by atoms with Crippen LogP contribution in [0.1, 0.15) is 5.56 Å². The molecule has 0 aliphatic heterocycles. The highest BCUT2D eigenvalue weighted by Gasteiger charge is 2.15. The average Bonchev–Trinajstić information content (AvgIpc) is 3.19. The van der Waals surface area contributed by atoms with Crippen LogP contribution in [0.2, 0.25) is 0 Å². The normalized spacial score (nSPS) is 10.7. The predicted octanol–water partition coefficient (Wildman–Crippen LogP) is 3.51. The van der Waals surface area contributed by atoms with Crippen molar-refractivity contribution in [1.82, 2.24) is 25.1 Å². The lowest BCUT2D eigenvalue weighted by Crippen LogP contribution is -2.29. The monoisotopic (exact) mass is 401 g/mol. The summed E-state index contributed by atoms with van der Waals surface area (Å²) in [5.41, 5.74) is 4.47. The van der Waals surface area contributed by atoms with Gasteiger partial charge in [0.25, 0.3) is 0 Å². The summed E-state index contributed by atoms with van der Waals surface area (Å²) in [5, 5.41) is 7.43. The number of carbonyl (C=O) groups excluding carboxylic acids is 1. The van der Waals surface area contributed by atoms with Crippen LogP contribution in [0.25, 0.3) is 22.4 Å². The van der Waals surface area contributed by atoms with E-state index >= 15 is 0 Å². The van der Waals surface area contributed by atoms with Gasteiger partial charge in [-0.25, -0.2) is 4.39 Å². The van der Waals surface area contributed by atoms with Crippen molar-refractivity contribution in [2.24, 2.45) is 0 Å². The first-order valence-corrected chi connectivity index (χ1v) is 9.58. The Morgan fingerprint density at radius 1 is 0.933 bits per heavy atom. The summed E-state index contributed by atoms with van der Waals surface area (Å²) < 4.78 is 15.3. The summed E-state index contributed by atoms with van der Waals surface area (Å²) in [6.45, 7) is 0.904. The molecule has 0 spiro atoms. The second-order valence-electron chi connectivity index (χ2n) is 6.76. The van der Waals surface area contributed by atoms with Crippen molar-refractivity contribution in [3.8, 4) is 22.4 Å². The molecular weight excluding hydrogens is 381 g/mol. The molecule has 0 aliphatic carbocycles. The van der Waals surface area contributed by atoms with Gasteiger partial charge in [0.15, 0.2) is 0 Å². The Balaban J connectivity index is 1.52. The van der Waals surface area contributed by atoms with Gasteiger partial charge in [0.05, 0.1) is 24.9 Å². The number of aromatic nitrogens is 4. The van der Waals surface area contributed by atoms with Gasteiger partial charge in [-0.3, -0.25) is 19.4 Å². The molecule has 0 aliphatic rings. The van der Waals surface area contributed by atoms with Crippen LogP contribution in [0.4, 0.5) is 4.39 Å². The maximum absolute atomic E-state index is 13.4. The van der Waals surface area contributed by atoms with E-state index in [0.29, 0.717) is 13.1 Å². The molecule has 1 N–H and O–H groups in total. The average molecular weight is 401 g/mol. The van der Waals surface area contributed by atoms with Crippen LogP contribution in [0.3, 0.4) is 0 Å². The van der Waals surface area contributed by atoms with Crippen LogP contribution in [0.5, 0.6) is 0 Å². The number of nitrogens with one attached hydrogen (secondary N) is 1. The Hall–Kier alpha value is -3.87. The minimum absolute atomic E-state index is 0.0761. The van der Waals surface area contributed by atoms with Crippen molar-refractivity contribution in [2.75, 3.05) is 6.54 Å². The van der Waals surface area contributed by atoms with Crippen molar-refractivity contribution in [3.63, 3.8) is 0 Å². The van der Waals surface area contributed by atoms with Crippen molar-refractivity contribution >= 4 is 5.91 Å². The van der Waals surface area contributed by atoms with Gasteiger partial charge in [0.1, 0.15) is 5.82 Å². The molecule has 30 heavy (non-hydrogen) atoms. The van der Waals surface area contributed by atoms with E-state index in [2.05, 4.69) is 20.4 Å². The molecule has 0 radical (unpaired) electrons. The van der Waals surface area contributed by atoms with Gasteiger partial charge >= 0.3 is 0 Å². The standard InChI is InChI=1S/C23H20FN5O/c24-20-5-3-19(4-6-20)23-21(18-7-10-25-11-8-18)16-28-29(23)13-12-27-22(30)14-17-2-1-9-26-15-17/h1-11,15-16H,12-14H2,(H,27,30). The quantitative estimate of drug-likeness (QED) is 0.514. The first-order valence-electron chi connectivity index (χ1n) is 9.58. The van der Waals surface area contributed by atoms with Crippen LogP contribution < -0.4 is 5.32 Å². The molecule has 1 amide bonds. The van der Waals surface area contributed by atoms with Gasteiger partial charge in [-0.05, 0) is 53.6 Å². The number of hydrogen-bond donors (Lipinski definition) is 1. The third-order valence-corrected chi connectivity index (χ3v) is 4.68. The number of amides is 1. The second-order valence-corrected chi connectivity index (χ2v) is 6.76. The van der Waals surface area contributed by atoms with E-state index in [-0.39, 0.29) is 18.1 Å². The minimum atomic E-state index is -0.294. The third-order valence-electron chi connectivity index (χ3n) is 4.68. The van der Waals surface area contributed by atoms with Crippen LogP contribution in [-0.4, -0.2) is 32.2 Å². The molecule has 4 aromatic rings. The molecule has 3 aromatic heterocycles. The number of carbonyl (C=O) groups is 1. The van der Waals surface area contributed by atoms with Gasteiger partial charge in [0, 0.05) is 42.5 Å². The zero-order valence-corrected chi connectivity index (χ0v) is 16.2. The van der Waals surface area contributed by atoms with E-state index in [4.69, 9.17) is 0 Å². The summed E-state index contributed by atoms with van der Waals surface area (Å²) in [5.74, 6) is -0.370. The lowest BCUT2D eigenvalue weighted by atomic mass is 10.0. The van der Waals surface area contributed by atoms with Crippen LogP contribution in [-0.2, 0) is 17.8 Å². The van der Waals surface area contributed by atoms with E-state index in [1.807, 2.05) is 28.9 Å². The smallest absolute Gasteiger partial charge is 0.224 e. The fourth-order valence-electron chi connectivity index (χ4n) is 3.26. The Labute approximate surface area is 173 Å². The summed E-state index contributed by atoms with van der Waals surface area (Å²) in [4.78, 5) is 20.3. The summed E-state index contributed by atoms with van der Waals surface area (Å²) >= 11 is 0. The number of hydrogen-bond acceptors (Lipinski definition) is 4. The fourth-order valence-corrected chi connectivity index (χ4v) is 3.26. The molecule has 0 atom stereocenters. The van der Waals surface area contributed by atoms with Gasteiger partial charge in [-0.1, -0.05) is 6.07 Å². The summed E-state index contributed by atoms with van der Waals surface area (Å²) in [7, 11) is 0. The highest BCUT2D eigenvalue weighted by atomic mass is 19.1. The summed E-state index contributed by atoms with van der Waals surface area (Å²) in [6, 6.07) is 13.8. The van der Waals surface area contributed by atoms with E-state index in [9.17, 15) is 9.18 Å². The van der Waals surface area contributed by atoms with Crippen molar-refractivity contribution in [2.45, 2.75) is 13.0 Å². The second kappa shape index (κ2) is 9.09. The minimum Gasteiger partial charge on any atom is -0.354 e. The molecule has 7 heteroatoms. The van der Waals surface area contributed by atoms with Crippen LogP contribution in [0.15, 0.2) is 79.5 Å². The lowest BCUT2D eigenvalue weighted by Gasteiger charge is -2.11. The summed E-state index contributed by atoms with van der Waals surface area (Å²) in [6.07, 6.45) is 8.86. The Morgan fingerprint density at radius 3 is 2.47 bits per heavy atom. The van der Waals surface area contributed by atoms with E-state index in [1.165, 1.54) is 12.1 Å². The number of nitrogens with zero attached hydrogens (tertiary/aromatic N) is 4. The Bertz CT molecular complexity index is 1110. The third kappa shape index (κ3) is 4.57. The first kappa shape index (κ1) is 19.4. The largest absolute Gasteiger partial charge is 0.354 e. The SMILES string of the molecule is O=C(Cc1cccnc1)NCCn1ncc(-c2ccncc2)c1-c1ccc(F)cc1. The molecule has 0 unspecified atom stereocenters. The number of benzene rings is 1. The number of pyridine rings is 2. The molecule has 6 nitrogen and oxygen atoms in total. The maximum Gasteiger partial charge on any atom is 0.224 e. The van der Waals surface area contributed by atoms with Gasteiger partial charge in [0.2, 0.25) is 5.91 Å². The predicted molar refractivity (Wildman–Crippen MR) is 112 cm³/mol. The Morgan fingerprint density at radius 2 is 1.73 bits per heavy atom. The molecule has 4 rings (SSSR count). The lowest BCUT2D eigenvalue weighted by molar-refractivity contribution is -0.120. The van der Waals surface area contributed by atoms with E-state index in [1.54, 1.807) is 43.1 Å². The number of halogens is 1. The van der Waals surface area contributed by atoms with Gasteiger partial charge in [-0.15, -0.1) is 0 Å². The zero-order valence-electron chi connectivity index (χ0n) is 16.2. The first-order chi connectivity index (χ1) is 14.7. The molecule has 3 heterocycles. The van der Waals surface area contributed by atoms with Crippen LogP contribution >= 0.6 is 0 Å². The van der Waals surface area contributed by atoms with Gasteiger partial charge in [-0.2, -0.15) is 5.10 Å². The van der Waals surface area contributed by atoms with Crippen LogP contribution in [0, 0.1) is 5.82 Å². The molecule has 0 fully saturated rings. The molecule has 0 bridgehead atoms. The van der Waals surface area contributed by atoms with E-state index in [0.717, 1.165) is 27.9 Å². The Kier molecular flexibility index (Phi) is 5.89. The molecule has 150 valence electrons. The molecular formula is C23H20FN5O. The van der Waals surface area contributed by atoms with E-state index < -0.39 is 0 Å². The fraction of sp³-hybridized carbons (Fsp3) is 0.130. The molecule has 0 saturated heterocycles. The topological polar surface area (TPSA) is 72.7 Å². The zero-order chi connectivity index (χ0) is 20.8. The molecule has 0 saturated carbocycles. The van der Waals surface area contributed by atoms with Crippen molar-refractivity contribution in [1.29, 1.82) is 0 Å². The van der Waals surface area contributed by atoms with Gasteiger partial charge < -0.3 is 5.32 Å². The highest BCUT2D eigenvalue weighted by Crippen LogP contribution is 2.31.